The summed E-state index contributed by atoms with van der Waals surface area (Å²) >= 11 is 0. The largest absolute Gasteiger partial charge is 0.491 e. The molecular formula is C18H21N3O3. The Morgan fingerprint density at radius 2 is 1.83 bits per heavy atom. The number of imidazole rings is 1. The number of hydrogen-bond donors (Lipinski definition) is 3. The van der Waals surface area contributed by atoms with E-state index in [2.05, 4.69) is 10.3 Å². The summed E-state index contributed by atoms with van der Waals surface area (Å²) in [5.41, 5.74) is 1.77. The predicted molar refractivity (Wildman–Crippen MR) is 93.3 cm³/mol. The summed E-state index contributed by atoms with van der Waals surface area (Å²) in [6.07, 6.45) is -0.683. The molecule has 0 saturated carbocycles. The van der Waals surface area contributed by atoms with Crippen LogP contribution in [0.2, 0.25) is 0 Å². The zero-order valence-corrected chi connectivity index (χ0v) is 13.3. The fraction of sp³-hybridized carbons (Fsp3) is 0.278. The summed E-state index contributed by atoms with van der Waals surface area (Å²) in [6, 6.07) is 17.1. The molecule has 3 aromatic rings. The molecule has 126 valence electrons. The zero-order chi connectivity index (χ0) is 16.8. The second-order valence-corrected chi connectivity index (χ2v) is 5.46. The molecule has 24 heavy (non-hydrogen) atoms. The summed E-state index contributed by atoms with van der Waals surface area (Å²) in [5.74, 6) is 1.36. The standard InChI is InChI=1S/C18H21N3O3/c22-11-10-19-18-20-16-8-4-5-9-17(16)21(18)12-14(23)13-24-15-6-2-1-3-7-15/h1-9,14,22-23H,10-13H2,(H,19,20). The van der Waals surface area contributed by atoms with Gasteiger partial charge in [0, 0.05) is 6.54 Å². The van der Waals surface area contributed by atoms with Gasteiger partial charge >= 0.3 is 0 Å². The Balaban J connectivity index is 1.72. The normalized spacial score (nSPS) is 12.2. The van der Waals surface area contributed by atoms with Gasteiger partial charge in [-0.1, -0.05) is 30.3 Å². The molecule has 0 aliphatic carbocycles. The molecule has 2 aromatic carbocycles. The number of nitrogens with zero attached hydrogens (tertiary/aromatic N) is 2. The number of hydrogen-bond acceptors (Lipinski definition) is 5. The van der Waals surface area contributed by atoms with Gasteiger partial charge in [0.2, 0.25) is 5.95 Å². The first kappa shape index (κ1) is 16.3. The van der Waals surface area contributed by atoms with Gasteiger partial charge in [-0.3, -0.25) is 0 Å². The van der Waals surface area contributed by atoms with Gasteiger partial charge in [-0.05, 0) is 24.3 Å². The maximum absolute atomic E-state index is 10.3. The third-order valence-electron chi connectivity index (χ3n) is 3.63. The highest BCUT2D eigenvalue weighted by Crippen LogP contribution is 2.20. The van der Waals surface area contributed by atoms with Gasteiger partial charge in [0.1, 0.15) is 18.5 Å². The van der Waals surface area contributed by atoms with Crippen molar-refractivity contribution in [2.75, 3.05) is 25.1 Å². The molecule has 3 N–H and O–H groups in total. The number of fused-ring (bicyclic) bond motifs is 1. The van der Waals surface area contributed by atoms with Crippen molar-refractivity contribution >= 4 is 17.0 Å². The van der Waals surface area contributed by atoms with Crippen LogP contribution >= 0.6 is 0 Å². The van der Waals surface area contributed by atoms with Crippen LogP contribution in [0.1, 0.15) is 0 Å². The van der Waals surface area contributed by atoms with Crippen molar-refractivity contribution in [1.29, 1.82) is 0 Å². The quantitative estimate of drug-likeness (QED) is 0.589. The lowest BCUT2D eigenvalue weighted by Gasteiger charge is -2.16. The van der Waals surface area contributed by atoms with Crippen LogP contribution in [0.3, 0.4) is 0 Å². The first-order chi connectivity index (χ1) is 11.8. The van der Waals surface area contributed by atoms with Crippen molar-refractivity contribution in [1.82, 2.24) is 9.55 Å². The molecule has 0 spiro atoms. The highest BCUT2D eigenvalue weighted by Gasteiger charge is 2.14. The second-order valence-electron chi connectivity index (χ2n) is 5.46. The summed E-state index contributed by atoms with van der Waals surface area (Å²) in [5, 5.41) is 22.4. The number of aliphatic hydroxyl groups excluding tert-OH is 2. The Bertz CT molecular complexity index is 774. The van der Waals surface area contributed by atoms with Gasteiger partial charge < -0.3 is 24.8 Å². The molecule has 0 fully saturated rings. The first-order valence-electron chi connectivity index (χ1n) is 7.94. The SMILES string of the molecule is OCCNc1nc2ccccc2n1CC(O)COc1ccccc1. The summed E-state index contributed by atoms with van der Waals surface area (Å²) < 4.78 is 7.51. The Morgan fingerprint density at radius 1 is 1.08 bits per heavy atom. The van der Waals surface area contributed by atoms with E-state index in [4.69, 9.17) is 9.84 Å². The monoisotopic (exact) mass is 327 g/mol. The average molecular weight is 327 g/mol. The van der Waals surface area contributed by atoms with Crippen LogP contribution in [0.15, 0.2) is 54.6 Å². The molecule has 3 rings (SSSR count). The molecule has 1 atom stereocenters. The van der Waals surface area contributed by atoms with Crippen molar-refractivity contribution in [3.8, 4) is 5.75 Å². The molecule has 0 aliphatic heterocycles. The Hall–Kier alpha value is -2.57. The van der Waals surface area contributed by atoms with Crippen LogP contribution < -0.4 is 10.1 Å². The maximum atomic E-state index is 10.3. The third-order valence-corrected chi connectivity index (χ3v) is 3.63. The fourth-order valence-corrected chi connectivity index (χ4v) is 2.54. The van der Waals surface area contributed by atoms with Gasteiger partial charge in [-0.25, -0.2) is 4.98 Å². The van der Waals surface area contributed by atoms with Crippen LogP contribution in [0.25, 0.3) is 11.0 Å². The minimum absolute atomic E-state index is 0.0167. The van der Waals surface area contributed by atoms with Crippen LogP contribution in [0.4, 0.5) is 5.95 Å². The maximum Gasteiger partial charge on any atom is 0.204 e. The molecule has 6 heteroatoms. The number of aliphatic hydroxyl groups is 2. The first-order valence-corrected chi connectivity index (χ1v) is 7.94. The minimum Gasteiger partial charge on any atom is -0.491 e. The number of aromatic nitrogens is 2. The van der Waals surface area contributed by atoms with Crippen LogP contribution in [0.5, 0.6) is 5.75 Å². The van der Waals surface area contributed by atoms with Gasteiger partial charge in [0.15, 0.2) is 0 Å². The summed E-state index contributed by atoms with van der Waals surface area (Å²) in [6.45, 7) is 0.958. The zero-order valence-electron chi connectivity index (χ0n) is 13.3. The van der Waals surface area contributed by atoms with E-state index in [9.17, 15) is 5.11 Å². The number of para-hydroxylation sites is 3. The topological polar surface area (TPSA) is 79.5 Å². The molecule has 0 radical (unpaired) electrons. The Labute approximate surface area is 140 Å². The molecule has 1 aromatic heterocycles. The number of ether oxygens (including phenoxy) is 1. The van der Waals surface area contributed by atoms with Gasteiger partial charge in [0.25, 0.3) is 0 Å². The summed E-state index contributed by atoms with van der Waals surface area (Å²) in [7, 11) is 0. The number of rotatable bonds is 8. The van der Waals surface area contributed by atoms with Crippen molar-refractivity contribution in [2.45, 2.75) is 12.6 Å². The smallest absolute Gasteiger partial charge is 0.204 e. The minimum atomic E-state index is -0.683. The molecule has 0 aliphatic rings. The Kier molecular flexibility index (Phi) is 5.30. The van der Waals surface area contributed by atoms with E-state index < -0.39 is 6.10 Å². The second kappa shape index (κ2) is 7.81. The van der Waals surface area contributed by atoms with E-state index in [1.165, 1.54) is 0 Å². The van der Waals surface area contributed by atoms with Crippen molar-refractivity contribution < 1.29 is 14.9 Å². The number of anilines is 1. The lowest BCUT2D eigenvalue weighted by molar-refractivity contribution is 0.0938. The van der Waals surface area contributed by atoms with E-state index in [1.54, 1.807) is 0 Å². The van der Waals surface area contributed by atoms with Crippen LogP contribution in [-0.2, 0) is 6.54 Å². The van der Waals surface area contributed by atoms with Crippen molar-refractivity contribution in [3.63, 3.8) is 0 Å². The molecular weight excluding hydrogens is 306 g/mol. The third kappa shape index (κ3) is 3.84. The molecule has 0 bridgehead atoms. The average Bonchev–Trinajstić information content (AvgIpc) is 2.97. The van der Waals surface area contributed by atoms with Crippen LogP contribution in [-0.4, -0.2) is 45.6 Å². The number of nitrogens with one attached hydrogen (secondary N) is 1. The highest BCUT2D eigenvalue weighted by molar-refractivity contribution is 5.78. The van der Waals surface area contributed by atoms with E-state index in [-0.39, 0.29) is 13.2 Å². The highest BCUT2D eigenvalue weighted by atomic mass is 16.5. The fourth-order valence-electron chi connectivity index (χ4n) is 2.54. The molecule has 6 nitrogen and oxygen atoms in total. The van der Waals surface area contributed by atoms with E-state index in [1.807, 2.05) is 59.2 Å². The van der Waals surface area contributed by atoms with Crippen LogP contribution in [0, 0.1) is 0 Å². The predicted octanol–water partition coefficient (Wildman–Crippen LogP) is 1.88. The van der Waals surface area contributed by atoms with Crippen molar-refractivity contribution in [2.24, 2.45) is 0 Å². The van der Waals surface area contributed by atoms with E-state index in [0.29, 0.717) is 19.0 Å². The molecule has 0 saturated heterocycles. The Morgan fingerprint density at radius 3 is 2.62 bits per heavy atom. The van der Waals surface area contributed by atoms with Crippen molar-refractivity contribution in [3.05, 3.63) is 54.6 Å². The molecule has 1 heterocycles. The van der Waals surface area contributed by atoms with Gasteiger partial charge in [-0.2, -0.15) is 0 Å². The van der Waals surface area contributed by atoms with E-state index in [0.717, 1.165) is 16.8 Å². The molecule has 1 unspecified atom stereocenters. The number of benzene rings is 2. The molecule has 0 amide bonds. The summed E-state index contributed by atoms with van der Waals surface area (Å²) in [4.78, 5) is 4.51. The van der Waals surface area contributed by atoms with Gasteiger partial charge in [-0.15, -0.1) is 0 Å². The van der Waals surface area contributed by atoms with E-state index >= 15 is 0 Å². The van der Waals surface area contributed by atoms with Gasteiger partial charge in [0.05, 0.1) is 24.2 Å². The lowest BCUT2D eigenvalue weighted by atomic mass is 10.3. The lowest BCUT2D eigenvalue weighted by Crippen LogP contribution is -2.24.